The van der Waals surface area contributed by atoms with Crippen LogP contribution in [-0.4, -0.2) is 39.1 Å². The molecule has 1 fully saturated rings. The molecule has 1 saturated heterocycles. The second-order valence-corrected chi connectivity index (χ2v) is 6.31. The predicted octanol–water partition coefficient (Wildman–Crippen LogP) is 2.12. The molecule has 0 spiro atoms. The summed E-state index contributed by atoms with van der Waals surface area (Å²) >= 11 is 0. The Morgan fingerprint density at radius 3 is 1.48 bits per heavy atom. The first kappa shape index (κ1) is 18.7. The zero-order chi connectivity index (χ0) is 19.2. The van der Waals surface area contributed by atoms with Crippen LogP contribution in [0.2, 0.25) is 0 Å². The second kappa shape index (κ2) is 8.55. The van der Waals surface area contributed by atoms with Crippen molar-refractivity contribution in [1.29, 1.82) is 0 Å². The largest absolute Gasteiger partial charge is 0.497 e. The summed E-state index contributed by atoms with van der Waals surface area (Å²) in [5.74, 6) is 0.190. The molecule has 2 amide bonds. The highest BCUT2D eigenvalue weighted by Gasteiger charge is 2.37. The van der Waals surface area contributed by atoms with Gasteiger partial charge in [0.2, 0.25) is 11.8 Å². The summed E-state index contributed by atoms with van der Waals surface area (Å²) in [7, 11) is 3.17. The van der Waals surface area contributed by atoms with Crippen molar-refractivity contribution in [3.05, 3.63) is 48.5 Å². The van der Waals surface area contributed by atoms with Gasteiger partial charge in [0.05, 0.1) is 26.1 Å². The molecule has 0 radical (unpaired) electrons. The lowest BCUT2D eigenvalue weighted by molar-refractivity contribution is -0.127. The average molecular weight is 369 g/mol. The number of nitrogens with one attached hydrogen (secondary N) is 3. The molecule has 0 saturated carbocycles. The number of ether oxygens (including phenoxy) is 2. The molecule has 0 aromatic heterocycles. The summed E-state index contributed by atoms with van der Waals surface area (Å²) < 4.78 is 10.2. The number of carbonyl (C=O) groups excluding carboxylic acids is 2. The van der Waals surface area contributed by atoms with Crippen molar-refractivity contribution in [3.8, 4) is 11.5 Å². The Hall–Kier alpha value is -3.06. The van der Waals surface area contributed by atoms with Gasteiger partial charge in [0, 0.05) is 24.5 Å². The van der Waals surface area contributed by atoms with E-state index in [2.05, 4.69) is 16.0 Å². The van der Waals surface area contributed by atoms with E-state index in [9.17, 15) is 9.59 Å². The van der Waals surface area contributed by atoms with Crippen LogP contribution in [0.4, 0.5) is 11.4 Å². The quantitative estimate of drug-likeness (QED) is 0.726. The number of anilines is 2. The molecule has 1 aliphatic heterocycles. The van der Waals surface area contributed by atoms with Crippen LogP contribution in [0.15, 0.2) is 48.5 Å². The van der Waals surface area contributed by atoms with E-state index in [1.54, 1.807) is 62.8 Å². The lowest BCUT2D eigenvalue weighted by Crippen LogP contribution is -2.35. The van der Waals surface area contributed by atoms with Gasteiger partial charge in [-0.25, -0.2) is 0 Å². The molecule has 142 valence electrons. The predicted molar refractivity (Wildman–Crippen MR) is 103 cm³/mol. The van der Waals surface area contributed by atoms with Crippen LogP contribution < -0.4 is 25.4 Å². The third kappa shape index (κ3) is 4.57. The van der Waals surface area contributed by atoms with Gasteiger partial charge in [-0.15, -0.1) is 0 Å². The summed E-state index contributed by atoms with van der Waals surface area (Å²) in [5.41, 5.74) is 1.34. The molecule has 0 aliphatic carbocycles. The zero-order valence-corrected chi connectivity index (χ0v) is 15.3. The Morgan fingerprint density at radius 2 is 1.15 bits per heavy atom. The van der Waals surface area contributed by atoms with Gasteiger partial charge in [0.25, 0.3) is 0 Å². The molecule has 27 heavy (non-hydrogen) atoms. The Balaban J connectivity index is 1.62. The summed E-state index contributed by atoms with van der Waals surface area (Å²) in [5, 5.41) is 8.87. The normalized spacial score (nSPS) is 18.6. The first-order chi connectivity index (χ1) is 13.1. The van der Waals surface area contributed by atoms with Crippen LogP contribution in [0.5, 0.6) is 11.5 Å². The fraction of sp³-hybridized carbons (Fsp3) is 0.300. The van der Waals surface area contributed by atoms with Gasteiger partial charge >= 0.3 is 0 Å². The Kier molecular flexibility index (Phi) is 5.93. The number of carbonyl (C=O) groups is 2. The van der Waals surface area contributed by atoms with Crippen LogP contribution in [0, 0.1) is 11.8 Å². The molecule has 3 N–H and O–H groups in total. The molecule has 2 aromatic rings. The summed E-state index contributed by atoms with van der Waals surface area (Å²) in [6, 6.07) is 14.2. The number of hydrogen-bond acceptors (Lipinski definition) is 5. The van der Waals surface area contributed by atoms with Crippen LogP contribution >= 0.6 is 0 Å². The molecule has 1 heterocycles. The van der Waals surface area contributed by atoms with E-state index in [0.717, 1.165) is 0 Å². The molecule has 0 unspecified atom stereocenters. The maximum Gasteiger partial charge on any atom is 0.229 e. The minimum absolute atomic E-state index is 0.181. The first-order valence-corrected chi connectivity index (χ1v) is 8.71. The fourth-order valence-corrected chi connectivity index (χ4v) is 3.05. The van der Waals surface area contributed by atoms with Gasteiger partial charge in [0.15, 0.2) is 0 Å². The van der Waals surface area contributed by atoms with Crippen molar-refractivity contribution in [2.24, 2.45) is 11.8 Å². The highest BCUT2D eigenvalue weighted by atomic mass is 16.5. The van der Waals surface area contributed by atoms with E-state index in [1.807, 2.05) is 0 Å². The van der Waals surface area contributed by atoms with E-state index in [4.69, 9.17) is 9.47 Å². The van der Waals surface area contributed by atoms with Crippen molar-refractivity contribution in [2.45, 2.75) is 0 Å². The van der Waals surface area contributed by atoms with Gasteiger partial charge in [-0.3, -0.25) is 9.59 Å². The zero-order valence-electron chi connectivity index (χ0n) is 15.3. The number of methoxy groups -OCH3 is 2. The summed E-state index contributed by atoms with van der Waals surface area (Å²) in [6.45, 7) is 0.922. The van der Waals surface area contributed by atoms with Gasteiger partial charge in [0.1, 0.15) is 11.5 Å². The number of rotatable bonds is 6. The smallest absolute Gasteiger partial charge is 0.229 e. The molecule has 7 heteroatoms. The van der Waals surface area contributed by atoms with Crippen LogP contribution in [-0.2, 0) is 9.59 Å². The van der Waals surface area contributed by atoms with Crippen molar-refractivity contribution in [3.63, 3.8) is 0 Å². The number of benzene rings is 2. The van der Waals surface area contributed by atoms with Crippen molar-refractivity contribution >= 4 is 23.2 Å². The maximum atomic E-state index is 12.6. The van der Waals surface area contributed by atoms with Crippen molar-refractivity contribution in [2.75, 3.05) is 37.9 Å². The lowest BCUT2D eigenvalue weighted by atomic mass is 9.94. The van der Waals surface area contributed by atoms with E-state index < -0.39 is 11.8 Å². The van der Waals surface area contributed by atoms with Gasteiger partial charge in [-0.05, 0) is 48.5 Å². The lowest BCUT2D eigenvalue weighted by Gasteiger charge is -2.18. The second-order valence-electron chi connectivity index (χ2n) is 6.31. The molecule has 1 aliphatic rings. The Morgan fingerprint density at radius 1 is 0.778 bits per heavy atom. The molecule has 2 atom stereocenters. The standard InChI is InChI=1S/C20H23N3O4/c1-26-15-7-3-13(4-8-15)22-19(24)17-11-21-12-18(17)20(25)23-14-5-9-16(27-2)10-6-14/h3-10,17-18,21H,11-12H2,1-2H3,(H,22,24)(H,23,25)/t17-,18-/m0/s1. The van der Waals surface area contributed by atoms with E-state index in [1.165, 1.54) is 0 Å². The molecule has 7 nitrogen and oxygen atoms in total. The van der Waals surface area contributed by atoms with Gasteiger partial charge < -0.3 is 25.4 Å². The maximum absolute atomic E-state index is 12.6. The van der Waals surface area contributed by atoms with Crippen LogP contribution in [0.1, 0.15) is 0 Å². The van der Waals surface area contributed by atoms with E-state index >= 15 is 0 Å². The van der Waals surface area contributed by atoms with Crippen molar-refractivity contribution in [1.82, 2.24) is 5.32 Å². The molecule has 0 bridgehead atoms. The third-order valence-corrected chi connectivity index (χ3v) is 4.60. The average Bonchev–Trinajstić information content (AvgIpc) is 3.19. The molecule has 3 rings (SSSR count). The number of hydrogen-bond donors (Lipinski definition) is 3. The van der Waals surface area contributed by atoms with E-state index in [0.29, 0.717) is 36.0 Å². The highest BCUT2D eigenvalue weighted by Crippen LogP contribution is 2.23. The minimum Gasteiger partial charge on any atom is -0.497 e. The highest BCUT2D eigenvalue weighted by molar-refractivity contribution is 6.00. The molecular weight excluding hydrogens is 346 g/mol. The fourth-order valence-electron chi connectivity index (χ4n) is 3.05. The summed E-state index contributed by atoms with van der Waals surface area (Å²) in [4.78, 5) is 25.3. The SMILES string of the molecule is COc1ccc(NC(=O)[C@H]2CNC[C@@H]2C(=O)Nc2ccc(OC)cc2)cc1. The van der Waals surface area contributed by atoms with Crippen molar-refractivity contribution < 1.29 is 19.1 Å². The third-order valence-electron chi connectivity index (χ3n) is 4.60. The summed E-state index contributed by atoms with van der Waals surface area (Å²) in [6.07, 6.45) is 0. The first-order valence-electron chi connectivity index (χ1n) is 8.71. The van der Waals surface area contributed by atoms with Crippen LogP contribution in [0.3, 0.4) is 0 Å². The van der Waals surface area contributed by atoms with Gasteiger partial charge in [-0.1, -0.05) is 0 Å². The monoisotopic (exact) mass is 369 g/mol. The topological polar surface area (TPSA) is 88.7 Å². The van der Waals surface area contributed by atoms with Crippen LogP contribution in [0.25, 0.3) is 0 Å². The van der Waals surface area contributed by atoms with Gasteiger partial charge in [-0.2, -0.15) is 0 Å². The Labute approximate surface area is 158 Å². The minimum atomic E-state index is -0.439. The Bertz CT molecular complexity index is 722. The molecular formula is C20H23N3O4. The number of amides is 2. The van der Waals surface area contributed by atoms with E-state index in [-0.39, 0.29) is 11.8 Å². The molecule has 2 aromatic carbocycles.